The number of aryl methyl sites for hydroxylation is 2. The summed E-state index contributed by atoms with van der Waals surface area (Å²) in [6, 6.07) is 12.7. The van der Waals surface area contributed by atoms with Crippen LogP contribution in [0, 0.1) is 18.7 Å². The van der Waals surface area contributed by atoms with Gasteiger partial charge >= 0.3 is 12.1 Å². The zero-order chi connectivity index (χ0) is 36.1. The molecule has 11 nitrogen and oxygen atoms in total. The highest BCUT2D eigenvalue weighted by molar-refractivity contribution is 6.10. The number of hydrogen-bond acceptors (Lipinski definition) is 8. The zero-order valence-corrected chi connectivity index (χ0v) is 29.8. The van der Waals surface area contributed by atoms with Crippen LogP contribution >= 0.6 is 0 Å². The molecule has 3 aromatic carbocycles. The van der Waals surface area contributed by atoms with Crippen LogP contribution in [-0.4, -0.2) is 98.0 Å². The molecule has 3 unspecified atom stereocenters. The summed E-state index contributed by atoms with van der Waals surface area (Å²) in [6.07, 6.45) is 0.455. The van der Waals surface area contributed by atoms with E-state index in [1.165, 1.54) is 0 Å². The standard InChI is InChI=1S/C39H43FN6O5/c1-20-13-27-33(32(40)31(20)26-16-24(47)14-21-9-7-8-10-25(21)26)42-37(44-18-23(19-44)43(5)6)34-36(27)46(29(41-34)11-12-30(48)49)35-22-15-28(35)45(17-22)38(50)51-39(2,3)4/h7-10,13-14,16,22-23,28,35,47H,11-12,15,17-19H2,1-6H3,(H,48,49). The van der Waals surface area contributed by atoms with Crippen LogP contribution in [0.4, 0.5) is 15.0 Å². The van der Waals surface area contributed by atoms with Gasteiger partial charge in [0.2, 0.25) is 0 Å². The van der Waals surface area contributed by atoms with Crippen molar-refractivity contribution in [2.24, 2.45) is 5.92 Å². The monoisotopic (exact) mass is 694 g/mol. The molecular formula is C39H43FN6O5. The molecule has 0 spiro atoms. The fourth-order valence-electron chi connectivity index (χ4n) is 8.33. The van der Waals surface area contributed by atoms with Crippen molar-refractivity contribution in [1.82, 2.24) is 24.3 Å². The summed E-state index contributed by atoms with van der Waals surface area (Å²) in [6.45, 7) is 9.26. The van der Waals surface area contributed by atoms with Gasteiger partial charge in [0.25, 0.3) is 0 Å². The number of amides is 1. The van der Waals surface area contributed by atoms with E-state index in [-0.39, 0.29) is 54.2 Å². The number of pyridine rings is 1. The van der Waals surface area contributed by atoms with Gasteiger partial charge in [-0.3, -0.25) is 4.79 Å². The molecule has 1 aliphatic carbocycles. The minimum Gasteiger partial charge on any atom is -0.508 e. The molecule has 266 valence electrons. The highest BCUT2D eigenvalue weighted by Crippen LogP contribution is 2.53. The van der Waals surface area contributed by atoms with Gasteiger partial charge in [0.1, 0.15) is 28.2 Å². The number of carboxylic acid groups (broad SMARTS) is 1. The number of halogens is 1. The van der Waals surface area contributed by atoms with E-state index in [2.05, 4.69) is 14.4 Å². The van der Waals surface area contributed by atoms with Gasteiger partial charge in [-0.05, 0) is 88.3 Å². The third-order valence-corrected chi connectivity index (χ3v) is 10.9. The Bertz CT molecular complexity index is 2250. The second-order valence-corrected chi connectivity index (χ2v) is 15.6. The van der Waals surface area contributed by atoms with E-state index in [1.54, 1.807) is 17.0 Å². The van der Waals surface area contributed by atoms with Crippen molar-refractivity contribution in [3.63, 3.8) is 0 Å². The summed E-state index contributed by atoms with van der Waals surface area (Å²) in [5.41, 5.74) is 2.42. The third-order valence-electron chi connectivity index (χ3n) is 10.9. The van der Waals surface area contributed by atoms with Crippen molar-refractivity contribution in [3.8, 4) is 16.9 Å². The molecule has 2 aromatic heterocycles. The van der Waals surface area contributed by atoms with Crippen LogP contribution in [0.25, 0.3) is 43.8 Å². The number of carbonyl (C=O) groups is 2. The first-order valence-corrected chi connectivity index (χ1v) is 17.6. The van der Waals surface area contributed by atoms with Crippen LogP contribution in [0.15, 0.2) is 42.5 Å². The SMILES string of the molecule is Cc1cc2c(nc(N3CC(N(C)C)C3)c3nc(CCC(=O)O)n(C4C5CC4N(C(=O)OC(C)(C)C)C5)c32)c(F)c1-c1cc(O)cc2ccccc12. The van der Waals surface area contributed by atoms with E-state index in [4.69, 9.17) is 14.7 Å². The molecule has 0 radical (unpaired) electrons. The first-order chi connectivity index (χ1) is 24.2. The van der Waals surface area contributed by atoms with Gasteiger partial charge in [-0.15, -0.1) is 0 Å². The number of aromatic nitrogens is 3. The predicted molar refractivity (Wildman–Crippen MR) is 194 cm³/mol. The molecule has 1 saturated carbocycles. The number of carboxylic acids is 1. The molecular weight excluding hydrogens is 651 g/mol. The number of benzene rings is 3. The molecule has 5 heterocycles. The quantitative estimate of drug-likeness (QED) is 0.196. The van der Waals surface area contributed by atoms with Gasteiger partial charge in [-0.1, -0.05) is 24.3 Å². The van der Waals surface area contributed by atoms with Crippen LogP contribution in [0.5, 0.6) is 5.75 Å². The number of imidazole rings is 1. The fraction of sp³-hybridized carbons (Fsp3) is 0.436. The topological polar surface area (TPSA) is 124 Å². The summed E-state index contributed by atoms with van der Waals surface area (Å²) in [4.78, 5) is 41.4. The number of aliphatic carboxylic acids is 1. The van der Waals surface area contributed by atoms with Crippen LogP contribution in [0.2, 0.25) is 0 Å². The molecule has 3 saturated heterocycles. The number of aromatic hydroxyl groups is 1. The number of anilines is 1. The fourth-order valence-corrected chi connectivity index (χ4v) is 8.33. The number of fused-ring (bicyclic) bond motifs is 5. The van der Waals surface area contributed by atoms with Crippen molar-refractivity contribution in [2.45, 2.75) is 70.7 Å². The highest BCUT2D eigenvalue weighted by Gasteiger charge is 2.56. The van der Waals surface area contributed by atoms with Gasteiger partial charge in [-0.25, -0.2) is 19.2 Å². The van der Waals surface area contributed by atoms with E-state index in [0.717, 1.165) is 17.2 Å². The second kappa shape index (κ2) is 11.8. The number of hydrogen-bond donors (Lipinski definition) is 2. The lowest BCUT2D eigenvalue weighted by Gasteiger charge is -2.43. The Balaban J connectivity index is 1.37. The highest BCUT2D eigenvalue weighted by atomic mass is 19.1. The van der Waals surface area contributed by atoms with Crippen LogP contribution in [-0.2, 0) is 16.0 Å². The van der Waals surface area contributed by atoms with Crippen molar-refractivity contribution in [1.29, 1.82) is 0 Å². The largest absolute Gasteiger partial charge is 0.508 e. The third kappa shape index (κ3) is 5.42. The van der Waals surface area contributed by atoms with Crippen LogP contribution < -0.4 is 4.90 Å². The first kappa shape index (κ1) is 33.2. The Hall–Kier alpha value is -4.97. The van der Waals surface area contributed by atoms with Crippen molar-refractivity contribution < 1.29 is 28.9 Å². The average molecular weight is 695 g/mol. The smallest absolute Gasteiger partial charge is 0.410 e. The number of rotatable bonds is 7. The Kier molecular flexibility index (Phi) is 7.68. The molecule has 4 aliphatic rings. The molecule has 2 bridgehead atoms. The Morgan fingerprint density at radius 1 is 1.04 bits per heavy atom. The Labute approximate surface area is 295 Å². The average Bonchev–Trinajstić information content (AvgIpc) is 3.72. The maximum absolute atomic E-state index is 17.4. The molecule has 5 aromatic rings. The maximum Gasteiger partial charge on any atom is 0.410 e. The van der Waals surface area contributed by atoms with E-state index in [0.29, 0.717) is 64.4 Å². The van der Waals surface area contributed by atoms with Crippen molar-refractivity contribution in [2.75, 3.05) is 38.6 Å². The maximum atomic E-state index is 17.4. The van der Waals surface area contributed by atoms with E-state index in [1.807, 2.05) is 72.1 Å². The first-order valence-electron chi connectivity index (χ1n) is 17.6. The van der Waals surface area contributed by atoms with Crippen molar-refractivity contribution >= 4 is 50.6 Å². The van der Waals surface area contributed by atoms with Crippen LogP contribution in [0.3, 0.4) is 0 Å². The second-order valence-electron chi connectivity index (χ2n) is 15.6. The molecule has 51 heavy (non-hydrogen) atoms. The number of phenolic OH excluding ortho intramolecular Hbond substituents is 1. The van der Waals surface area contributed by atoms with Gasteiger partial charge < -0.3 is 34.2 Å². The molecule has 2 N–H and O–H groups in total. The molecule has 9 rings (SSSR count). The summed E-state index contributed by atoms with van der Waals surface area (Å²) >= 11 is 0. The molecule has 1 amide bonds. The molecule has 3 atom stereocenters. The Morgan fingerprint density at radius 3 is 2.49 bits per heavy atom. The number of ether oxygens (including phenoxy) is 1. The normalized spacial score (nSPS) is 20.4. The Morgan fingerprint density at radius 2 is 1.78 bits per heavy atom. The number of likely N-dealkylation sites (N-methyl/N-ethyl adjacent to an activating group) is 1. The van der Waals surface area contributed by atoms with Gasteiger partial charge in [0, 0.05) is 49.0 Å². The molecule has 4 fully saturated rings. The lowest BCUT2D eigenvalue weighted by Crippen LogP contribution is -2.57. The molecule has 12 heteroatoms. The van der Waals surface area contributed by atoms with E-state index >= 15 is 4.39 Å². The number of phenols is 1. The summed E-state index contributed by atoms with van der Waals surface area (Å²) in [7, 11) is 4.06. The summed E-state index contributed by atoms with van der Waals surface area (Å²) < 4.78 is 25.3. The van der Waals surface area contributed by atoms with E-state index in [9.17, 15) is 19.8 Å². The van der Waals surface area contributed by atoms with Gasteiger partial charge in [-0.2, -0.15) is 0 Å². The summed E-state index contributed by atoms with van der Waals surface area (Å²) in [5.74, 6) is -0.166. The van der Waals surface area contributed by atoms with E-state index < -0.39 is 17.4 Å². The van der Waals surface area contributed by atoms with Crippen LogP contribution in [0.1, 0.15) is 51.0 Å². The minimum atomic E-state index is -0.940. The summed E-state index contributed by atoms with van der Waals surface area (Å²) in [5, 5.41) is 22.6. The zero-order valence-electron chi connectivity index (χ0n) is 29.8. The van der Waals surface area contributed by atoms with Gasteiger partial charge in [0.05, 0.1) is 24.0 Å². The number of nitrogens with zero attached hydrogens (tertiary/aromatic N) is 6. The van der Waals surface area contributed by atoms with Crippen molar-refractivity contribution in [3.05, 3.63) is 59.7 Å². The lowest BCUT2D eigenvalue weighted by atomic mass is 9.79. The minimum absolute atomic E-state index is 0.0400. The molecule has 3 aliphatic heterocycles. The predicted octanol–water partition coefficient (Wildman–Crippen LogP) is 6.51. The number of carbonyl (C=O) groups excluding carboxylic acids is 1. The van der Waals surface area contributed by atoms with Gasteiger partial charge in [0.15, 0.2) is 11.6 Å². The lowest BCUT2D eigenvalue weighted by molar-refractivity contribution is -0.137.